The number of piperidine rings is 1. The number of hydrogen-bond donors (Lipinski definition) is 1. The van der Waals surface area contributed by atoms with Gasteiger partial charge < -0.3 is 19.7 Å². The van der Waals surface area contributed by atoms with Crippen LogP contribution in [-0.2, 0) is 16.0 Å². The van der Waals surface area contributed by atoms with E-state index in [2.05, 4.69) is 15.4 Å². The Morgan fingerprint density at radius 1 is 1.04 bits per heavy atom. The molecule has 1 aliphatic heterocycles. The molecular weight excluding hydrogens is 594 g/mol. The number of pyridine rings is 1. The van der Waals surface area contributed by atoms with E-state index in [1.807, 2.05) is 84.0 Å². The summed E-state index contributed by atoms with van der Waals surface area (Å²) in [5, 5.41) is 8.24. The first-order valence-electron chi connectivity index (χ1n) is 15.1. The molecule has 0 aliphatic carbocycles. The molecule has 1 fully saturated rings. The molecule has 238 valence electrons. The number of rotatable bonds is 6. The normalized spacial score (nSPS) is 15.5. The molecule has 1 N–H and O–H groups in total. The number of carbonyl (C=O) groups is 2. The van der Waals surface area contributed by atoms with Crippen molar-refractivity contribution in [1.82, 2.24) is 24.5 Å². The third kappa shape index (κ3) is 8.21. The third-order valence-corrected chi connectivity index (χ3v) is 7.25. The quantitative estimate of drug-likeness (QED) is 0.237. The Morgan fingerprint density at radius 3 is 2.44 bits per heavy atom. The Kier molecular flexibility index (Phi) is 9.20. The Bertz CT molecular complexity index is 1650. The lowest BCUT2D eigenvalue weighted by Gasteiger charge is -2.34. The first kappa shape index (κ1) is 32.0. The molecule has 11 nitrogen and oxygen atoms in total. The second kappa shape index (κ2) is 12.9. The summed E-state index contributed by atoms with van der Waals surface area (Å²) in [5.41, 5.74) is 1.77. The van der Waals surface area contributed by atoms with Crippen LogP contribution in [0.5, 0.6) is 0 Å². The number of hydrogen-bond acceptors (Lipinski definition) is 8. The second-order valence-electron chi connectivity index (χ2n) is 13.1. The highest BCUT2D eigenvalue weighted by molar-refractivity contribution is 6.33. The van der Waals surface area contributed by atoms with Gasteiger partial charge in [0.1, 0.15) is 27.9 Å². The van der Waals surface area contributed by atoms with Crippen LogP contribution < -0.4 is 10.2 Å². The van der Waals surface area contributed by atoms with Crippen molar-refractivity contribution in [2.45, 2.75) is 78.2 Å². The zero-order valence-corrected chi connectivity index (χ0v) is 27.3. The molecule has 0 unspecified atom stereocenters. The number of ether oxygens (including phenoxy) is 2. The molecule has 12 heteroatoms. The molecule has 1 aliphatic rings. The van der Waals surface area contributed by atoms with Crippen LogP contribution in [0.2, 0.25) is 5.02 Å². The summed E-state index contributed by atoms with van der Waals surface area (Å²) in [6, 6.07) is 15.3. The van der Waals surface area contributed by atoms with Crippen molar-refractivity contribution in [2.75, 3.05) is 23.3 Å². The first-order valence-corrected chi connectivity index (χ1v) is 15.4. The molecule has 1 atom stereocenters. The number of benzene rings is 1. The van der Waals surface area contributed by atoms with E-state index in [1.54, 1.807) is 17.2 Å². The van der Waals surface area contributed by atoms with Gasteiger partial charge in [0.25, 0.3) is 0 Å². The number of anilines is 2. The highest BCUT2D eigenvalue weighted by Gasteiger charge is 2.30. The van der Waals surface area contributed by atoms with Crippen LogP contribution in [-0.4, -0.2) is 67.0 Å². The lowest BCUT2D eigenvalue weighted by Crippen LogP contribution is -2.47. The van der Waals surface area contributed by atoms with Gasteiger partial charge in [0.05, 0.1) is 18.4 Å². The standard InChI is InChI=1S/C33H40ClN7O4/c1-32(2,3)44-30(42)39-17-9-10-24(21-39)37-27-18-28(41-29(38-27)25(34)19-36-41)40(31(43)45-33(4,5)6)20-22-12-14-23(15-13-22)26-11-7-8-16-35-26/h7-8,11-16,18-19,24H,9-10,17,20-21H2,1-6H3,(H,37,38)/t24-/m0/s1. The highest BCUT2D eigenvalue weighted by atomic mass is 35.5. The largest absolute Gasteiger partial charge is 0.444 e. The SMILES string of the molecule is CC(C)(C)OC(=O)N1CCC[C@H](Nc2cc(N(Cc3ccc(-c4ccccn4)cc3)C(=O)OC(C)(C)C)n3ncc(Cl)c3n2)C1. The topological polar surface area (TPSA) is 114 Å². The molecule has 5 rings (SSSR count). The van der Waals surface area contributed by atoms with Crippen molar-refractivity contribution in [2.24, 2.45) is 0 Å². The summed E-state index contributed by atoms with van der Waals surface area (Å²) in [5.74, 6) is 0.923. The molecule has 1 aromatic carbocycles. The fraction of sp³-hybridized carbons (Fsp3) is 0.424. The molecule has 0 spiro atoms. The number of halogens is 1. The Hall–Kier alpha value is -4.38. The van der Waals surface area contributed by atoms with Gasteiger partial charge in [-0.25, -0.2) is 14.6 Å². The second-order valence-corrected chi connectivity index (χ2v) is 13.5. The zero-order valence-electron chi connectivity index (χ0n) is 26.6. The number of nitrogens with one attached hydrogen (secondary N) is 1. The van der Waals surface area contributed by atoms with Crippen molar-refractivity contribution in [3.63, 3.8) is 0 Å². The van der Waals surface area contributed by atoms with Gasteiger partial charge in [0.2, 0.25) is 0 Å². The van der Waals surface area contributed by atoms with Gasteiger partial charge in [0, 0.05) is 37.0 Å². The molecule has 4 aromatic rings. The number of carbonyl (C=O) groups excluding carboxylic acids is 2. The van der Waals surface area contributed by atoms with Gasteiger partial charge in [-0.3, -0.25) is 9.88 Å². The van der Waals surface area contributed by atoms with Crippen LogP contribution in [0.15, 0.2) is 60.9 Å². The molecule has 1 saturated heterocycles. The van der Waals surface area contributed by atoms with E-state index in [4.69, 9.17) is 26.1 Å². The summed E-state index contributed by atoms with van der Waals surface area (Å²) in [4.78, 5) is 38.9. The van der Waals surface area contributed by atoms with E-state index in [0.717, 1.165) is 29.7 Å². The lowest BCUT2D eigenvalue weighted by atomic mass is 10.1. The van der Waals surface area contributed by atoms with Gasteiger partial charge in [0.15, 0.2) is 5.65 Å². The predicted octanol–water partition coefficient (Wildman–Crippen LogP) is 7.20. The number of aromatic nitrogens is 4. The van der Waals surface area contributed by atoms with E-state index in [1.165, 1.54) is 15.6 Å². The van der Waals surface area contributed by atoms with Crippen LogP contribution in [0.1, 0.15) is 59.9 Å². The minimum atomic E-state index is -0.736. The van der Waals surface area contributed by atoms with E-state index in [0.29, 0.717) is 35.4 Å². The molecule has 0 bridgehead atoms. The van der Waals surface area contributed by atoms with Gasteiger partial charge in [-0.1, -0.05) is 41.9 Å². The summed E-state index contributed by atoms with van der Waals surface area (Å²) < 4.78 is 13.0. The smallest absolute Gasteiger partial charge is 0.416 e. The number of amides is 2. The van der Waals surface area contributed by atoms with Crippen molar-refractivity contribution < 1.29 is 19.1 Å². The fourth-order valence-electron chi connectivity index (χ4n) is 5.04. The van der Waals surface area contributed by atoms with Crippen LogP contribution in [0.3, 0.4) is 0 Å². The molecule has 4 heterocycles. The monoisotopic (exact) mass is 633 g/mol. The van der Waals surface area contributed by atoms with E-state index < -0.39 is 17.3 Å². The van der Waals surface area contributed by atoms with Gasteiger partial charge in [-0.15, -0.1) is 0 Å². The maximum atomic E-state index is 13.8. The summed E-state index contributed by atoms with van der Waals surface area (Å²) in [6.07, 6.45) is 3.99. The molecule has 0 radical (unpaired) electrons. The average Bonchev–Trinajstić information content (AvgIpc) is 3.35. The van der Waals surface area contributed by atoms with Crippen LogP contribution >= 0.6 is 11.6 Å². The minimum Gasteiger partial charge on any atom is -0.444 e. The predicted molar refractivity (Wildman–Crippen MR) is 175 cm³/mol. The minimum absolute atomic E-state index is 0.0927. The van der Waals surface area contributed by atoms with Gasteiger partial charge in [-0.05, 0) is 72.1 Å². The van der Waals surface area contributed by atoms with Crippen molar-refractivity contribution in [3.8, 4) is 11.3 Å². The van der Waals surface area contributed by atoms with Gasteiger partial charge in [-0.2, -0.15) is 9.61 Å². The summed E-state index contributed by atoms with van der Waals surface area (Å²) >= 11 is 6.53. The lowest BCUT2D eigenvalue weighted by molar-refractivity contribution is 0.0206. The van der Waals surface area contributed by atoms with E-state index in [9.17, 15) is 9.59 Å². The maximum Gasteiger partial charge on any atom is 0.416 e. The Balaban J connectivity index is 1.46. The molecule has 3 aromatic heterocycles. The highest BCUT2D eigenvalue weighted by Crippen LogP contribution is 2.29. The van der Waals surface area contributed by atoms with Crippen LogP contribution in [0.4, 0.5) is 21.2 Å². The first-order chi connectivity index (χ1) is 21.3. The van der Waals surface area contributed by atoms with Crippen molar-refractivity contribution in [3.05, 3.63) is 71.5 Å². The van der Waals surface area contributed by atoms with Crippen molar-refractivity contribution in [1.29, 1.82) is 0 Å². The maximum absolute atomic E-state index is 13.8. The average molecular weight is 634 g/mol. The fourth-order valence-corrected chi connectivity index (χ4v) is 5.20. The zero-order chi connectivity index (χ0) is 32.4. The molecule has 45 heavy (non-hydrogen) atoms. The molecular formula is C33H40ClN7O4. The Labute approximate surface area is 268 Å². The molecule has 2 amide bonds. The third-order valence-electron chi connectivity index (χ3n) is 6.98. The molecule has 0 saturated carbocycles. The number of nitrogens with zero attached hydrogens (tertiary/aromatic N) is 6. The van der Waals surface area contributed by atoms with Crippen LogP contribution in [0.25, 0.3) is 16.9 Å². The summed E-state index contributed by atoms with van der Waals surface area (Å²) in [6.45, 7) is 12.3. The Morgan fingerprint density at radius 2 is 1.78 bits per heavy atom. The number of fused-ring (bicyclic) bond motifs is 1. The summed E-state index contributed by atoms with van der Waals surface area (Å²) in [7, 11) is 0. The van der Waals surface area contributed by atoms with E-state index >= 15 is 0 Å². The van der Waals surface area contributed by atoms with Crippen LogP contribution in [0, 0.1) is 0 Å². The number of likely N-dealkylation sites (tertiary alicyclic amines) is 1. The van der Waals surface area contributed by atoms with E-state index in [-0.39, 0.29) is 18.7 Å². The van der Waals surface area contributed by atoms with Crippen molar-refractivity contribution >= 4 is 41.1 Å². The van der Waals surface area contributed by atoms with Gasteiger partial charge >= 0.3 is 12.2 Å².